The molecule has 1 unspecified atom stereocenters. The Hall–Kier alpha value is -1.59. The number of hydrogen-bond acceptors (Lipinski definition) is 6. The Kier molecular flexibility index (Phi) is 44.8. The predicted octanol–water partition coefficient (Wildman–Crippen LogP) is 16.0. The first kappa shape index (κ1) is 54.4. The van der Waals surface area contributed by atoms with Crippen LogP contribution in [0.2, 0.25) is 0 Å². The first-order valence-corrected chi connectivity index (χ1v) is 25.0. The molecule has 0 N–H and O–H groups in total. The summed E-state index contributed by atoms with van der Waals surface area (Å²) in [7, 11) is 0. The number of carbonyl (C=O) groups excluding carboxylic acids is 3. The summed E-state index contributed by atoms with van der Waals surface area (Å²) >= 11 is 0. The summed E-state index contributed by atoms with van der Waals surface area (Å²) in [4.78, 5) is 37.7. The topological polar surface area (TPSA) is 78.9 Å². The molecule has 0 aliphatic carbocycles. The van der Waals surface area contributed by atoms with Crippen LogP contribution >= 0.6 is 0 Å². The summed E-state index contributed by atoms with van der Waals surface area (Å²) < 4.78 is 16.7. The lowest BCUT2D eigenvalue weighted by Gasteiger charge is -2.18. The third-order valence-corrected chi connectivity index (χ3v) is 11.4. The molecule has 0 aromatic carbocycles. The molecule has 0 saturated heterocycles. The van der Waals surface area contributed by atoms with Crippen molar-refractivity contribution >= 4 is 17.9 Å². The van der Waals surface area contributed by atoms with Gasteiger partial charge < -0.3 is 14.2 Å². The monoisotopic (exact) mass is 793 g/mol. The van der Waals surface area contributed by atoms with E-state index in [1.807, 2.05) is 0 Å². The predicted molar refractivity (Wildman–Crippen MR) is 238 cm³/mol. The molecule has 0 bridgehead atoms. The van der Waals surface area contributed by atoms with E-state index in [1.165, 1.54) is 186 Å². The van der Waals surface area contributed by atoms with Gasteiger partial charge in [0, 0.05) is 19.3 Å². The van der Waals surface area contributed by atoms with Crippen LogP contribution < -0.4 is 0 Å². The Morgan fingerprint density at radius 3 is 0.714 bits per heavy atom. The summed E-state index contributed by atoms with van der Waals surface area (Å²) in [5.74, 6) is -0.849. The zero-order valence-corrected chi connectivity index (χ0v) is 37.9. The molecule has 0 rings (SSSR count). The lowest BCUT2D eigenvalue weighted by Crippen LogP contribution is -2.30. The fourth-order valence-electron chi connectivity index (χ4n) is 7.56. The summed E-state index contributed by atoms with van der Waals surface area (Å²) in [6.07, 6.45) is 48.1. The molecule has 0 aliphatic heterocycles. The maximum Gasteiger partial charge on any atom is 0.306 e. The second-order valence-electron chi connectivity index (χ2n) is 17.1. The van der Waals surface area contributed by atoms with E-state index in [-0.39, 0.29) is 31.1 Å². The lowest BCUT2D eigenvalue weighted by molar-refractivity contribution is -0.167. The third-order valence-electron chi connectivity index (χ3n) is 11.4. The summed E-state index contributed by atoms with van der Waals surface area (Å²) in [5.41, 5.74) is 0. The number of hydrogen-bond donors (Lipinski definition) is 0. The molecule has 0 saturated carbocycles. The maximum atomic E-state index is 12.7. The largest absolute Gasteiger partial charge is 0.462 e. The molecule has 0 aromatic heterocycles. The number of carbonyl (C=O) groups is 3. The Morgan fingerprint density at radius 2 is 0.482 bits per heavy atom. The van der Waals surface area contributed by atoms with Crippen molar-refractivity contribution < 1.29 is 28.6 Å². The first-order valence-electron chi connectivity index (χ1n) is 25.0. The van der Waals surface area contributed by atoms with Gasteiger partial charge in [0.15, 0.2) is 6.10 Å². The highest BCUT2D eigenvalue weighted by molar-refractivity contribution is 5.71. The van der Waals surface area contributed by atoms with Crippen LogP contribution in [0.5, 0.6) is 0 Å². The Bertz CT molecular complexity index is 828. The molecule has 0 amide bonds. The van der Waals surface area contributed by atoms with E-state index < -0.39 is 6.10 Å². The van der Waals surface area contributed by atoms with E-state index in [4.69, 9.17) is 14.2 Å². The van der Waals surface area contributed by atoms with Gasteiger partial charge in [-0.2, -0.15) is 0 Å². The van der Waals surface area contributed by atoms with E-state index in [9.17, 15) is 14.4 Å². The number of rotatable bonds is 46. The minimum absolute atomic E-state index is 0.0623. The number of esters is 3. The van der Waals surface area contributed by atoms with Crippen LogP contribution in [0.3, 0.4) is 0 Å². The normalized spacial score (nSPS) is 11.8. The van der Waals surface area contributed by atoms with Crippen molar-refractivity contribution in [3.05, 3.63) is 0 Å². The van der Waals surface area contributed by atoms with Gasteiger partial charge in [0.1, 0.15) is 13.2 Å². The molecule has 0 fully saturated rings. The minimum atomic E-state index is -0.758. The Balaban J connectivity index is 4.22. The van der Waals surface area contributed by atoms with Crippen molar-refractivity contribution in [1.29, 1.82) is 0 Å². The summed E-state index contributed by atoms with van der Waals surface area (Å²) in [6.45, 7) is 6.65. The van der Waals surface area contributed by atoms with Gasteiger partial charge in [-0.1, -0.05) is 245 Å². The van der Waals surface area contributed by atoms with Crippen LogP contribution in [0.4, 0.5) is 0 Å². The van der Waals surface area contributed by atoms with E-state index >= 15 is 0 Å². The van der Waals surface area contributed by atoms with Gasteiger partial charge in [-0.3, -0.25) is 14.4 Å². The maximum absolute atomic E-state index is 12.7. The molecular weight excluding hydrogens is 697 g/mol. The molecule has 0 aromatic rings. The third kappa shape index (κ3) is 43.5. The second kappa shape index (κ2) is 46.1. The van der Waals surface area contributed by atoms with Crippen molar-refractivity contribution in [1.82, 2.24) is 0 Å². The molecule has 1 atom stereocenters. The summed E-state index contributed by atoms with van der Waals surface area (Å²) in [6, 6.07) is 0. The average molecular weight is 793 g/mol. The van der Waals surface area contributed by atoms with Crippen LogP contribution in [-0.4, -0.2) is 37.2 Å². The smallest absolute Gasteiger partial charge is 0.306 e. The molecule has 0 spiro atoms. The quantitative estimate of drug-likeness (QED) is 0.0347. The van der Waals surface area contributed by atoms with Crippen molar-refractivity contribution in [2.45, 2.75) is 290 Å². The molecule has 6 nitrogen and oxygen atoms in total. The average Bonchev–Trinajstić information content (AvgIpc) is 3.19. The first-order chi connectivity index (χ1) is 27.5. The number of unbranched alkanes of at least 4 members (excludes halogenated alkanes) is 35. The zero-order valence-electron chi connectivity index (χ0n) is 37.9. The minimum Gasteiger partial charge on any atom is -0.462 e. The van der Waals surface area contributed by atoms with Crippen molar-refractivity contribution in [3.63, 3.8) is 0 Å². The van der Waals surface area contributed by atoms with E-state index in [0.29, 0.717) is 19.3 Å². The molecular formula is C50H96O6. The highest BCUT2D eigenvalue weighted by Crippen LogP contribution is 2.16. The van der Waals surface area contributed by atoms with Crippen LogP contribution in [0.25, 0.3) is 0 Å². The van der Waals surface area contributed by atoms with Gasteiger partial charge in [-0.05, 0) is 19.3 Å². The fraction of sp³-hybridized carbons (Fsp3) is 0.940. The van der Waals surface area contributed by atoms with Crippen molar-refractivity contribution in [3.8, 4) is 0 Å². The Labute approximate surface area is 348 Å². The van der Waals surface area contributed by atoms with E-state index in [2.05, 4.69) is 20.8 Å². The molecule has 6 heteroatoms. The molecule has 0 heterocycles. The van der Waals surface area contributed by atoms with Gasteiger partial charge in [0.05, 0.1) is 0 Å². The molecule has 0 aliphatic rings. The zero-order chi connectivity index (χ0) is 40.8. The van der Waals surface area contributed by atoms with Gasteiger partial charge in [-0.15, -0.1) is 0 Å². The van der Waals surface area contributed by atoms with Gasteiger partial charge in [0.2, 0.25) is 0 Å². The van der Waals surface area contributed by atoms with Crippen LogP contribution in [0.1, 0.15) is 284 Å². The SMILES string of the molecule is CCCCCCCCCCCCCCCCCCCC(=O)OCC(COC(=O)CCCCCCCCCC)OC(=O)CCCCCCCCCCCCCCC. The van der Waals surface area contributed by atoms with Crippen LogP contribution in [0.15, 0.2) is 0 Å². The van der Waals surface area contributed by atoms with E-state index in [0.717, 1.165) is 57.8 Å². The van der Waals surface area contributed by atoms with Gasteiger partial charge >= 0.3 is 17.9 Å². The molecule has 0 radical (unpaired) electrons. The highest BCUT2D eigenvalue weighted by atomic mass is 16.6. The number of ether oxygens (including phenoxy) is 3. The Morgan fingerprint density at radius 1 is 0.286 bits per heavy atom. The van der Waals surface area contributed by atoms with Crippen molar-refractivity contribution in [2.75, 3.05) is 13.2 Å². The lowest BCUT2D eigenvalue weighted by atomic mass is 10.0. The van der Waals surface area contributed by atoms with Crippen LogP contribution in [-0.2, 0) is 28.6 Å². The second-order valence-corrected chi connectivity index (χ2v) is 17.1. The molecule has 332 valence electrons. The molecule has 56 heavy (non-hydrogen) atoms. The standard InChI is InChI=1S/C50H96O6/c1-4-7-10-13-16-19-21-23-24-25-26-28-29-31-34-37-40-43-49(52)55-46-47(45-54-48(51)42-39-36-33-18-15-12-9-6-3)56-50(53)44-41-38-35-32-30-27-22-20-17-14-11-8-5-2/h47H,4-46H2,1-3H3. The van der Waals surface area contributed by atoms with E-state index in [1.54, 1.807) is 0 Å². The van der Waals surface area contributed by atoms with Crippen LogP contribution in [0, 0.1) is 0 Å². The van der Waals surface area contributed by atoms with Gasteiger partial charge in [-0.25, -0.2) is 0 Å². The van der Waals surface area contributed by atoms with Crippen molar-refractivity contribution in [2.24, 2.45) is 0 Å². The fourth-order valence-corrected chi connectivity index (χ4v) is 7.56. The summed E-state index contributed by atoms with van der Waals surface area (Å²) in [5, 5.41) is 0. The highest BCUT2D eigenvalue weighted by Gasteiger charge is 2.19. The van der Waals surface area contributed by atoms with Gasteiger partial charge in [0.25, 0.3) is 0 Å².